The van der Waals surface area contributed by atoms with E-state index in [9.17, 15) is 4.39 Å². The summed E-state index contributed by atoms with van der Waals surface area (Å²) < 4.78 is 18.4. The summed E-state index contributed by atoms with van der Waals surface area (Å²) in [5, 5.41) is 3.34. The molecule has 0 fully saturated rings. The number of methoxy groups -OCH3 is 1. The van der Waals surface area contributed by atoms with Gasteiger partial charge in [0.1, 0.15) is 5.82 Å². The van der Waals surface area contributed by atoms with E-state index >= 15 is 0 Å². The van der Waals surface area contributed by atoms with Gasteiger partial charge in [-0.25, -0.2) is 4.39 Å². The van der Waals surface area contributed by atoms with Crippen LogP contribution in [0.4, 0.5) is 15.8 Å². The predicted octanol–water partition coefficient (Wildman–Crippen LogP) is 4.53. The highest BCUT2D eigenvalue weighted by molar-refractivity contribution is 5.88. The largest absolute Gasteiger partial charge is 0.383 e. The molecule has 1 aliphatic rings. The van der Waals surface area contributed by atoms with Crippen LogP contribution in [0.25, 0.3) is 0 Å². The lowest BCUT2D eigenvalue weighted by molar-refractivity contribution is 0.137. The number of nitrogens with zero attached hydrogens (tertiary/aromatic N) is 1. The summed E-state index contributed by atoms with van der Waals surface area (Å²) >= 11 is 0. The Morgan fingerprint density at radius 3 is 2.72 bits per heavy atom. The van der Waals surface area contributed by atoms with Gasteiger partial charge in [0, 0.05) is 30.0 Å². The first-order chi connectivity index (χ1) is 12.0. The fraction of sp³-hybridized carbons (Fsp3) is 0.286. The molecule has 3 rings (SSSR count). The molecule has 2 aromatic rings. The van der Waals surface area contributed by atoms with Crippen LogP contribution in [0.15, 0.2) is 41.4 Å². The van der Waals surface area contributed by atoms with Crippen molar-refractivity contribution in [2.24, 2.45) is 10.4 Å². The van der Waals surface area contributed by atoms with Crippen LogP contribution in [0.2, 0.25) is 0 Å². The number of ether oxygens (including phenoxy) is 1. The Kier molecular flexibility index (Phi) is 4.87. The van der Waals surface area contributed by atoms with E-state index < -0.39 is 0 Å². The zero-order valence-electron chi connectivity index (χ0n) is 14.7. The maximum Gasteiger partial charge on any atom is 0.123 e. The van der Waals surface area contributed by atoms with Crippen LogP contribution in [0, 0.1) is 23.1 Å². The first kappa shape index (κ1) is 17.2. The zero-order chi connectivity index (χ0) is 17.9. The fourth-order valence-corrected chi connectivity index (χ4v) is 2.69. The van der Waals surface area contributed by atoms with Crippen LogP contribution in [0.1, 0.15) is 30.5 Å². The minimum absolute atomic E-state index is 0.239. The molecule has 2 aromatic carbocycles. The van der Waals surface area contributed by atoms with Gasteiger partial charge < -0.3 is 10.1 Å². The second-order valence-corrected chi connectivity index (χ2v) is 6.77. The van der Waals surface area contributed by atoms with Gasteiger partial charge in [-0.2, -0.15) is 0 Å². The Morgan fingerprint density at radius 2 is 2.00 bits per heavy atom. The third-order valence-electron chi connectivity index (χ3n) is 3.94. The molecule has 0 aliphatic carbocycles. The molecule has 128 valence electrons. The highest BCUT2D eigenvalue weighted by Gasteiger charge is 2.15. The minimum Gasteiger partial charge on any atom is -0.383 e. The molecule has 0 unspecified atom stereocenters. The Bertz CT molecular complexity index is 858. The molecule has 0 amide bonds. The normalized spacial score (nSPS) is 12.5. The number of hydrogen-bond acceptors (Lipinski definition) is 3. The Balaban J connectivity index is 1.97. The third kappa shape index (κ3) is 4.26. The maximum atomic E-state index is 13.1. The van der Waals surface area contributed by atoms with Crippen LogP contribution in [-0.4, -0.2) is 19.9 Å². The van der Waals surface area contributed by atoms with E-state index in [1.165, 1.54) is 17.7 Å². The van der Waals surface area contributed by atoms with Crippen LogP contribution in [0.5, 0.6) is 0 Å². The number of halogens is 1. The Labute approximate surface area is 147 Å². The summed E-state index contributed by atoms with van der Waals surface area (Å²) in [4.78, 5) is 4.32. The van der Waals surface area contributed by atoms with Crippen molar-refractivity contribution in [3.05, 3.63) is 58.9 Å². The minimum atomic E-state index is -0.257. The standard InChI is InChI=1S/C21H21FN2O/c1-21(2,14-25-3)9-8-15-10-16-12-23-13-17(16)11-20(15)24-19-6-4-18(22)5-7-19/h4-7,10-11,13,24H,12,14H2,1-3H3. The van der Waals surface area contributed by atoms with Gasteiger partial charge in [0.15, 0.2) is 0 Å². The smallest absolute Gasteiger partial charge is 0.123 e. The molecule has 0 saturated heterocycles. The average Bonchev–Trinajstić information content (AvgIpc) is 3.02. The quantitative estimate of drug-likeness (QED) is 0.833. The second kappa shape index (κ2) is 7.08. The first-order valence-corrected chi connectivity index (χ1v) is 8.18. The summed E-state index contributed by atoms with van der Waals surface area (Å²) in [6.07, 6.45) is 1.87. The lowest BCUT2D eigenvalue weighted by Crippen LogP contribution is -2.15. The number of rotatable bonds is 4. The number of aliphatic imine (C=N–C) groups is 1. The van der Waals surface area contributed by atoms with Gasteiger partial charge in [0.05, 0.1) is 18.8 Å². The van der Waals surface area contributed by atoms with E-state index in [-0.39, 0.29) is 11.2 Å². The average molecular weight is 336 g/mol. The SMILES string of the molecule is COCC(C)(C)C#Cc1cc2c(cc1Nc1ccc(F)cc1)C=NC2. The molecule has 0 spiro atoms. The lowest BCUT2D eigenvalue weighted by atomic mass is 9.94. The highest BCUT2D eigenvalue weighted by Crippen LogP contribution is 2.27. The van der Waals surface area contributed by atoms with Crippen molar-refractivity contribution in [3.8, 4) is 11.8 Å². The van der Waals surface area contributed by atoms with Gasteiger partial charge in [-0.3, -0.25) is 4.99 Å². The van der Waals surface area contributed by atoms with Crippen molar-refractivity contribution in [2.75, 3.05) is 19.0 Å². The van der Waals surface area contributed by atoms with E-state index in [4.69, 9.17) is 4.74 Å². The number of benzene rings is 2. The third-order valence-corrected chi connectivity index (χ3v) is 3.94. The zero-order valence-corrected chi connectivity index (χ0v) is 14.7. The van der Waals surface area contributed by atoms with Gasteiger partial charge in [0.2, 0.25) is 0 Å². The molecule has 1 N–H and O–H groups in total. The number of fused-ring (bicyclic) bond motifs is 1. The molecule has 1 aliphatic heterocycles. The summed E-state index contributed by atoms with van der Waals surface area (Å²) in [5.41, 5.74) is 4.62. The molecule has 25 heavy (non-hydrogen) atoms. The van der Waals surface area contributed by atoms with Crippen LogP contribution in [0.3, 0.4) is 0 Å². The number of anilines is 2. The molecule has 4 heteroatoms. The van der Waals surface area contributed by atoms with Gasteiger partial charge in [-0.1, -0.05) is 11.8 Å². The van der Waals surface area contributed by atoms with E-state index in [1.807, 2.05) is 26.1 Å². The predicted molar refractivity (Wildman–Crippen MR) is 100.0 cm³/mol. The monoisotopic (exact) mass is 336 g/mol. The second-order valence-electron chi connectivity index (χ2n) is 6.77. The van der Waals surface area contributed by atoms with Crippen LogP contribution in [-0.2, 0) is 11.3 Å². The van der Waals surface area contributed by atoms with Crippen molar-refractivity contribution >= 4 is 17.6 Å². The van der Waals surface area contributed by atoms with Crippen molar-refractivity contribution in [3.63, 3.8) is 0 Å². The molecule has 0 atom stereocenters. The summed E-state index contributed by atoms with van der Waals surface area (Å²) in [6, 6.07) is 10.4. The molecular formula is C21H21FN2O. The topological polar surface area (TPSA) is 33.6 Å². The number of hydrogen-bond donors (Lipinski definition) is 1. The molecule has 0 bridgehead atoms. The molecule has 3 nitrogen and oxygen atoms in total. The molecular weight excluding hydrogens is 315 g/mol. The van der Waals surface area contributed by atoms with E-state index in [1.54, 1.807) is 19.2 Å². The summed E-state index contributed by atoms with van der Waals surface area (Å²) in [6.45, 7) is 5.34. The summed E-state index contributed by atoms with van der Waals surface area (Å²) in [5.74, 6) is 6.31. The molecule has 0 aromatic heterocycles. The van der Waals surface area contributed by atoms with Gasteiger partial charge in [-0.15, -0.1) is 0 Å². The first-order valence-electron chi connectivity index (χ1n) is 8.18. The van der Waals surface area contributed by atoms with Gasteiger partial charge >= 0.3 is 0 Å². The summed E-state index contributed by atoms with van der Waals surface area (Å²) in [7, 11) is 1.68. The van der Waals surface area contributed by atoms with Crippen molar-refractivity contribution in [1.29, 1.82) is 0 Å². The van der Waals surface area contributed by atoms with Crippen molar-refractivity contribution in [2.45, 2.75) is 20.4 Å². The van der Waals surface area contributed by atoms with Crippen LogP contribution >= 0.6 is 0 Å². The van der Waals surface area contributed by atoms with E-state index in [0.717, 1.165) is 22.5 Å². The fourth-order valence-electron chi connectivity index (χ4n) is 2.69. The maximum absolute atomic E-state index is 13.1. The molecule has 0 saturated carbocycles. The van der Waals surface area contributed by atoms with E-state index in [2.05, 4.69) is 28.2 Å². The lowest BCUT2D eigenvalue weighted by Gasteiger charge is -2.16. The van der Waals surface area contributed by atoms with Crippen LogP contribution < -0.4 is 5.32 Å². The Hall–Kier alpha value is -2.64. The highest BCUT2D eigenvalue weighted by atomic mass is 19.1. The molecule has 0 radical (unpaired) electrons. The van der Waals surface area contributed by atoms with Gasteiger partial charge in [-0.05, 0) is 61.4 Å². The Morgan fingerprint density at radius 1 is 1.24 bits per heavy atom. The van der Waals surface area contributed by atoms with E-state index in [0.29, 0.717) is 13.2 Å². The number of nitrogens with one attached hydrogen (secondary N) is 1. The molecule has 1 heterocycles. The van der Waals surface area contributed by atoms with Crippen molar-refractivity contribution in [1.82, 2.24) is 0 Å². The van der Waals surface area contributed by atoms with Gasteiger partial charge in [0.25, 0.3) is 0 Å². The van der Waals surface area contributed by atoms with Crippen molar-refractivity contribution < 1.29 is 9.13 Å².